The maximum atomic E-state index is 11.7. The Balaban J connectivity index is 2.61. The van der Waals surface area contributed by atoms with E-state index in [1.54, 1.807) is 6.07 Å². The van der Waals surface area contributed by atoms with E-state index in [4.69, 9.17) is 4.42 Å². The Hall–Kier alpha value is -2.63. The maximum absolute atomic E-state index is 11.7. The van der Waals surface area contributed by atoms with Crippen molar-refractivity contribution in [3.63, 3.8) is 0 Å². The van der Waals surface area contributed by atoms with Crippen LogP contribution in [0.3, 0.4) is 0 Å². The average Bonchev–Trinajstić information content (AvgIpc) is 2.93. The summed E-state index contributed by atoms with van der Waals surface area (Å²) < 4.78 is 14.6. The Labute approximate surface area is 121 Å². The van der Waals surface area contributed by atoms with Crippen LogP contribution in [-0.4, -0.2) is 31.1 Å². The van der Waals surface area contributed by atoms with Gasteiger partial charge >= 0.3 is 11.9 Å². The first-order valence-corrected chi connectivity index (χ1v) is 6.23. The van der Waals surface area contributed by atoms with Crippen molar-refractivity contribution in [2.75, 3.05) is 14.2 Å². The summed E-state index contributed by atoms with van der Waals surface area (Å²) in [6.07, 6.45) is 0. The number of esters is 2. The number of oxazole rings is 1. The first-order chi connectivity index (χ1) is 9.99. The molecule has 0 radical (unpaired) electrons. The minimum atomic E-state index is -0.778. The number of ether oxygens (including phenoxy) is 2. The third-order valence-corrected chi connectivity index (χ3v) is 3.21. The first kappa shape index (κ1) is 14.8. The second kappa shape index (κ2) is 5.78. The predicted molar refractivity (Wildman–Crippen MR) is 74.1 cm³/mol. The summed E-state index contributed by atoms with van der Waals surface area (Å²) in [5.41, 5.74) is 2.51. The predicted octanol–water partition coefficient (Wildman–Crippen LogP) is 2.53. The molecule has 1 aromatic heterocycles. The number of carbonyl (C=O) groups is 2. The molecule has 0 bridgehead atoms. The highest BCUT2D eigenvalue weighted by Crippen LogP contribution is 2.27. The van der Waals surface area contributed by atoms with Crippen molar-refractivity contribution in [2.24, 2.45) is 0 Å². The van der Waals surface area contributed by atoms with Crippen molar-refractivity contribution < 1.29 is 23.5 Å². The highest BCUT2D eigenvalue weighted by molar-refractivity contribution is 6.00. The molecule has 0 fully saturated rings. The number of hydrogen-bond acceptors (Lipinski definition) is 6. The first-order valence-electron chi connectivity index (χ1n) is 6.23. The number of carbonyl (C=O) groups excluding carboxylic acids is 2. The Morgan fingerprint density at radius 1 is 1.10 bits per heavy atom. The molecule has 0 spiro atoms. The lowest BCUT2D eigenvalue weighted by molar-refractivity contribution is 0.0527. The van der Waals surface area contributed by atoms with Gasteiger partial charge in [0.05, 0.1) is 14.2 Å². The van der Waals surface area contributed by atoms with Crippen LogP contribution in [-0.2, 0) is 9.47 Å². The van der Waals surface area contributed by atoms with Crippen LogP contribution in [0.1, 0.15) is 32.2 Å². The summed E-state index contributed by atoms with van der Waals surface area (Å²) >= 11 is 0. The number of aromatic nitrogens is 1. The quantitative estimate of drug-likeness (QED) is 0.808. The van der Waals surface area contributed by atoms with Crippen LogP contribution < -0.4 is 0 Å². The Kier molecular flexibility index (Phi) is 4.07. The molecule has 1 heterocycles. The number of methoxy groups -OCH3 is 2. The van der Waals surface area contributed by atoms with Crippen LogP contribution in [0.4, 0.5) is 0 Å². The van der Waals surface area contributed by atoms with Gasteiger partial charge in [-0.1, -0.05) is 12.1 Å². The molecule has 21 heavy (non-hydrogen) atoms. The molecule has 0 saturated carbocycles. The molecular formula is C15H15NO5. The van der Waals surface area contributed by atoms with Gasteiger partial charge in [0.25, 0.3) is 0 Å². The van der Waals surface area contributed by atoms with E-state index in [0.717, 1.165) is 11.1 Å². The summed E-state index contributed by atoms with van der Waals surface area (Å²) in [7, 11) is 2.40. The highest BCUT2D eigenvalue weighted by atomic mass is 16.5. The van der Waals surface area contributed by atoms with E-state index in [2.05, 4.69) is 14.5 Å². The van der Waals surface area contributed by atoms with E-state index in [9.17, 15) is 9.59 Å². The van der Waals surface area contributed by atoms with Crippen molar-refractivity contribution in [1.82, 2.24) is 4.98 Å². The zero-order chi connectivity index (χ0) is 15.6. The van der Waals surface area contributed by atoms with Crippen LogP contribution in [0.5, 0.6) is 0 Å². The molecule has 2 aromatic rings. The van der Waals surface area contributed by atoms with Crippen LogP contribution in [0.15, 0.2) is 22.6 Å². The topological polar surface area (TPSA) is 78.6 Å². The zero-order valence-electron chi connectivity index (χ0n) is 12.2. The molecule has 6 heteroatoms. The lowest BCUT2D eigenvalue weighted by atomic mass is 10.0. The van der Waals surface area contributed by atoms with E-state index in [-0.39, 0.29) is 17.3 Å². The standard InChI is InChI=1S/C15H15NO5/c1-8-6-5-7-10(9(8)2)13-16-11(14(17)19-3)12(21-13)15(18)20-4/h5-7H,1-4H3. The summed E-state index contributed by atoms with van der Waals surface area (Å²) in [6.45, 7) is 3.86. The van der Waals surface area contributed by atoms with Crippen LogP contribution >= 0.6 is 0 Å². The van der Waals surface area contributed by atoms with E-state index in [1.807, 2.05) is 26.0 Å². The highest BCUT2D eigenvalue weighted by Gasteiger charge is 2.27. The summed E-state index contributed by atoms with van der Waals surface area (Å²) in [6, 6.07) is 5.60. The van der Waals surface area contributed by atoms with Crippen molar-refractivity contribution in [1.29, 1.82) is 0 Å². The lowest BCUT2D eigenvalue weighted by Gasteiger charge is -2.04. The average molecular weight is 289 g/mol. The smallest absolute Gasteiger partial charge is 0.376 e. The molecule has 0 saturated heterocycles. The maximum Gasteiger partial charge on any atom is 0.376 e. The molecular weight excluding hydrogens is 274 g/mol. The molecule has 110 valence electrons. The molecule has 6 nitrogen and oxygen atoms in total. The van der Waals surface area contributed by atoms with Gasteiger partial charge in [0, 0.05) is 5.56 Å². The SMILES string of the molecule is COC(=O)c1nc(-c2cccc(C)c2C)oc1C(=O)OC. The third-order valence-electron chi connectivity index (χ3n) is 3.21. The minimum Gasteiger partial charge on any atom is -0.464 e. The van der Waals surface area contributed by atoms with Crippen LogP contribution in [0.25, 0.3) is 11.5 Å². The Morgan fingerprint density at radius 2 is 1.76 bits per heavy atom. The molecule has 0 aliphatic carbocycles. The summed E-state index contributed by atoms with van der Waals surface area (Å²) in [5, 5.41) is 0. The Morgan fingerprint density at radius 3 is 2.38 bits per heavy atom. The van der Waals surface area contributed by atoms with E-state index < -0.39 is 11.9 Å². The Bertz CT molecular complexity index is 669. The molecule has 0 aliphatic heterocycles. The van der Waals surface area contributed by atoms with Gasteiger partial charge in [-0.25, -0.2) is 14.6 Å². The normalized spacial score (nSPS) is 10.3. The van der Waals surface area contributed by atoms with E-state index >= 15 is 0 Å². The lowest BCUT2D eigenvalue weighted by Crippen LogP contribution is -2.10. The molecule has 0 unspecified atom stereocenters. The fraction of sp³-hybridized carbons (Fsp3) is 0.267. The number of nitrogens with zero attached hydrogens (tertiary/aromatic N) is 1. The number of hydrogen-bond donors (Lipinski definition) is 0. The molecule has 0 amide bonds. The van der Waals surface area contributed by atoms with Crippen LogP contribution in [0.2, 0.25) is 0 Å². The monoisotopic (exact) mass is 289 g/mol. The summed E-state index contributed by atoms with van der Waals surface area (Å²) in [4.78, 5) is 27.5. The van der Waals surface area contributed by atoms with Crippen molar-refractivity contribution in [3.05, 3.63) is 40.8 Å². The number of benzene rings is 1. The fourth-order valence-electron chi connectivity index (χ4n) is 1.88. The fourth-order valence-corrected chi connectivity index (χ4v) is 1.88. The van der Waals surface area contributed by atoms with E-state index in [1.165, 1.54) is 14.2 Å². The molecule has 1 aromatic carbocycles. The van der Waals surface area contributed by atoms with Gasteiger partial charge in [0.1, 0.15) is 0 Å². The van der Waals surface area contributed by atoms with E-state index in [0.29, 0.717) is 5.56 Å². The molecule has 2 rings (SSSR count). The van der Waals surface area contributed by atoms with Gasteiger partial charge in [-0.2, -0.15) is 0 Å². The van der Waals surface area contributed by atoms with Gasteiger partial charge in [-0.15, -0.1) is 0 Å². The van der Waals surface area contributed by atoms with Crippen molar-refractivity contribution in [3.8, 4) is 11.5 Å². The molecule has 0 N–H and O–H groups in total. The number of rotatable bonds is 3. The minimum absolute atomic E-state index is 0.178. The van der Waals surface area contributed by atoms with Crippen LogP contribution in [0, 0.1) is 13.8 Å². The second-order valence-corrected chi connectivity index (χ2v) is 4.43. The van der Waals surface area contributed by atoms with Gasteiger partial charge in [-0.3, -0.25) is 0 Å². The zero-order valence-corrected chi connectivity index (χ0v) is 12.2. The van der Waals surface area contributed by atoms with Gasteiger partial charge in [-0.05, 0) is 31.0 Å². The third kappa shape index (κ3) is 2.65. The van der Waals surface area contributed by atoms with Gasteiger partial charge < -0.3 is 13.9 Å². The number of aryl methyl sites for hydroxylation is 1. The van der Waals surface area contributed by atoms with Crippen molar-refractivity contribution in [2.45, 2.75) is 13.8 Å². The second-order valence-electron chi connectivity index (χ2n) is 4.43. The van der Waals surface area contributed by atoms with Crippen molar-refractivity contribution >= 4 is 11.9 Å². The summed E-state index contributed by atoms with van der Waals surface area (Å²) in [5.74, 6) is -1.62. The largest absolute Gasteiger partial charge is 0.464 e. The van der Waals surface area contributed by atoms with Gasteiger partial charge in [0.2, 0.25) is 17.3 Å². The molecule has 0 aliphatic rings. The van der Waals surface area contributed by atoms with Gasteiger partial charge in [0.15, 0.2) is 0 Å². The molecule has 0 atom stereocenters.